The smallest absolute Gasteiger partial charge is 0.232 e. The van der Waals surface area contributed by atoms with E-state index in [2.05, 4.69) is 0 Å². The summed E-state index contributed by atoms with van der Waals surface area (Å²) in [6, 6.07) is 0.0572. The van der Waals surface area contributed by atoms with Crippen LogP contribution in [0.5, 0.6) is 0 Å². The molecule has 1 heterocycles. The summed E-state index contributed by atoms with van der Waals surface area (Å²) in [7, 11) is 0. The molecule has 1 aliphatic heterocycles. The maximum Gasteiger partial charge on any atom is 0.232 e. The summed E-state index contributed by atoms with van der Waals surface area (Å²) < 4.78 is 0. The van der Waals surface area contributed by atoms with Gasteiger partial charge in [-0.1, -0.05) is 0 Å². The Balaban J connectivity index is 2.38. The molecule has 5 heteroatoms. The number of hydrogen-bond donors (Lipinski definition) is 2. The first-order valence-electron chi connectivity index (χ1n) is 3.91. The lowest BCUT2D eigenvalue weighted by Gasteiger charge is -2.13. The van der Waals surface area contributed by atoms with Gasteiger partial charge in [0.05, 0.1) is 0 Å². The number of carbonyl (C=O) groups excluding carboxylic acids is 2. The van der Waals surface area contributed by atoms with Crippen LogP contribution in [-0.2, 0) is 9.59 Å². The number of likely N-dealkylation sites (tertiary alicyclic amines) is 1. The highest BCUT2D eigenvalue weighted by Crippen LogP contribution is 2.07. The molecule has 5 nitrogen and oxygen atoms in total. The average molecular weight is 171 g/mol. The number of nitrogens with zero attached hydrogens (tertiary/aromatic N) is 1. The third-order valence-corrected chi connectivity index (χ3v) is 1.90. The van der Waals surface area contributed by atoms with Gasteiger partial charge in [0, 0.05) is 19.1 Å². The summed E-state index contributed by atoms with van der Waals surface area (Å²) in [5.41, 5.74) is 10.5. The van der Waals surface area contributed by atoms with Crippen LogP contribution in [0, 0.1) is 0 Å². The van der Waals surface area contributed by atoms with Crippen molar-refractivity contribution in [3.05, 3.63) is 0 Å². The molecule has 1 saturated heterocycles. The zero-order chi connectivity index (χ0) is 9.14. The normalized spacial score (nSPS) is 22.8. The number of rotatable bonds is 2. The average Bonchev–Trinajstić information content (AvgIpc) is 2.34. The second kappa shape index (κ2) is 3.53. The first-order chi connectivity index (χ1) is 5.59. The molecule has 0 aliphatic carbocycles. The van der Waals surface area contributed by atoms with Crippen molar-refractivity contribution in [3.8, 4) is 0 Å². The van der Waals surface area contributed by atoms with Crippen molar-refractivity contribution in [1.29, 1.82) is 0 Å². The Morgan fingerprint density at radius 2 is 2.17 bits per heavy atom. The summed E-state index contributed by atoms with van der Waals surface area (Å²) in [4.78, 5) is 23.1. The molecule has 0 unspecified atom stereocenters. The third kappa shape index (κ3) is 2.20. The maximum absolute atomic E-state index is 11.2. The second-order valence-corrected chi connectivity index (χ2v) is 3.03. The first kappa shape index (κ1) is 8.99. The molecule has 0 aromatic carbocycles. The van der Waals surface area contributed by atoms with Crippen LogP contribution < -0.4 is 11.5 Å². The monoisotopic (exact) mass is 171 g/mol. The molecule has 12 heavy (non-hydrogen) atoms. The van der Waals surface area contributed by atoms with Crippen LogP contribution in [0.1, 0.15) is 12.8 Å². The lowest BCUT2D eigenvalue weighted by molar-refractivity contribution is -0.134. The van der Waals surface area contributed by atoms with Crippen molar-refractivity contribution in [1.82, 2.24) is 4.90 Å². The summed E-state index contributed by atoms with van der Waals surface area (Å²) in [5, 5.41) is 0. The molecule has 0 aromatic rings. The van der Waals surface area contributed by atoms with Crippen LogP contribution in [0.2, 0.25) is 0 Å². The summed E-state index contributed by atoms with van der Waals surface area (Å²) in [5.74, 6) is -0.795. The minimum atomic E-state index is -0.583. The lowest BCUT2D eigenvalue weighted by Crippen LogP contribution is -2.34. The van der Waals surface area contributed by atoms with Crippen LogP contribution in [0.15, 0.2) is 0 Å². The number of nitrogens with two attached hydrogens (primary N) is 2. The number of primary amides is 1. The van der Waals surface area contributed by atoms with E-state index in [9.17, 15) is 9.59 Å². The molecule has 0 radical (unpaired) electrons. The van der Waals surface area contributed by atoms with Gasteiger partial charge in [-0.15, -0.1) is 0 Å². The SMILES string of the molecule is NC(=O)CC(=O)N1CC[C@H](N)C1. The van der Waals surface area contributed by atoms with Gasteiger partial charge in [0.2, 0.25) is 11.8 Å². The predicted octanol–water partition coefficient (Wildman–Crippen LogP) is -1.58. The molecule has 0 saturated carbocycles. The van der Waals surface area contributed by atoms with Crippen LogP contribution in [0.25, 0.3) is 0 Å². The van der Waals surface area contributed by atoms with E-state index in [-0.39, 0.29) is 18.4 Å². The van der Waals surface area contributed by atoms with E-state index >= 15 is 0 Å². The third-order valence-electron chi connectivity index (χ3n) is 1.90. The quantitative estimate of drug-likeness (QED) is 0.491. The number of hydrogen-bond acceptors (Lipinski definition) is 3. The van der Waals surface area contributed by atoms with E-state index < -0.39 is 5.91 Å². The van der Waals surface area contributed by atoms with Crippen molar-refractivity contribution in [2.24, 2.45) is 11.5 Å². The topological polar surface area (TPSA) is 89.4 Å². The van der Waals surface area contributed by atoms with Crippen molar-refractivity contribution >= 4 is 11.8 Å². The fraction of sp³-hybridized carbons (Fsp3) is 0.714. The Morgan fingerprint density at radius 3 is 2.58 bits per heavy atom. The fourth-order valence-electron chi connectivity index (χ4n) is 1.27. The highest BCUT2D eigenvalue weighted by atomic mass is 16.2. The molecule has 0 spiro atoms. The van der Waals surface area contributed by atoms with Crippen molar-refractivity contribution in [2.75, 3.05) is 13.1 Å². The highest BCUT2D eigenvalue weighted by Gasteiger charge is 2.23. The molecule has 4 N–H and O–H groups in total. The maximum atomic E-state index is 11.2. The van der Waals surface area contributed by atoms with Gasteiger partial charge < -0.3 is 16.4 Å². The van der Waals surface area contributed by atoms with Gasteiger partial charge in [0.15, 0.2) is 0 Å². The molecule has 2 amide bonds. The fourth-order valence-corrected chi connectivity index (χ4v) is 1.27. The summed E-state index contributed by atoms with van der Waals surface area (Å²) in [6.07, 6.45) is 0.608. The van der Waals surface area contributed by atoms with E-state index in [1.165, 1.54) is 0 Å². The molecular weight excluding hydrogens is 158 g/mol. The number of amides is 2. The molecule has 1 fully saturated rings. The second-order valence-electron chi connectivity index (χ2n) is 3.03. The molecule has 1 atom stereocenters. The van der Waals surface area contributed by atoms with Gasteiger partial charge in [-0.25, -0.2) is 0 Å². The van der Waals surface area contributed by atoms with Crippen LogP contribution in [-0.4, -0.2) is 35.8 Å². The van der Waals surface area contributed by atoms with Gasteiger partial charge in [0.1, 0.15) is 6.42 Å². The molecule has 68 valence electrons. The number of carbonyl (C=O) groups is 2. The summed E-state index contributed by atoms with van der Waals surface area (Å²) in [6.45, 7) is 1.19. The van der Waals surface area contributed by atoms with Crippen molar-refractivity contribution in [3.63, 3.8) is 0 Å². The molecular formula is C7H13N3O2. The largest absolute Gasteiger partial charge is 0.369 e. The Bertz CT molecular complexity index is 205. The van der Waals surface area contributed by atoms with E-state index in [0.717, 1.165) is 6.42 Å². The lowest BCUT2D eigenvalue weighted by atomic mass is 10.3. The Hall–Kier alpha value is -1.10. The minimum Gasteiger partial charge on any atom is -0.369 e. The van der Waals surface area contributed by atoms with Gasteiger partial charge in [-0.2, -0.15) is 0 Å². The molecule has 1 rings (SSSR count). The van der Waals surface area contributed by atoms with Crippen LogP contribution >= 0.6 is 0 Å². The van der Waals surface area contributed by atoms with E-state index in [4.69, 9.17) is 11.5 Å². The van der Waals surface area contributed by atoms with Gasteiger partial charge >= 0.3 is 0 Å². The standard InChI is InChI=1S/C7H13N3O2/c8-5-1-2-10(4-5)7(12)3-6(9)11/h5H,1-4,8H2,(H2,9,11)/t5-/m0/s1. The molecule has 0 bridgehead atoms. The van der Waals surface area contributed by atoms with E-state index in [1.807, 2.05) is 0 Å². The summed E-state index contributed by atoms with van der Waals surface area (Å²) >= 11 is 0. The minimum absolute atomic E-state index is 0.0572. The zero-order valence-electron chi connectivity index (χ0n) is 6.82. The van der Waals surface area contributed by atoms with Crippen molar-refractivity contribution in [2.45, 2.75) is 18.9 Å². The predicted molar refractivity (Wildman–Crippen MR) is 43.0 cm³/mol. The van der Waals surface area contributed by atoms with E-state index in [1.54, 1.807) is 4.90 Å². The van der Waals surface area contributed by atoms with Crippen molar-refractivity contribution < 1.29 is 9.59 Å². The Kier molecular flexibility index (Phi) is 2.65. The molecule has 1 aliphatic rings. The first-order valence-corrected chi connectivity index (χ1v) is 3.91. The molecule has 0 aromatic heterocycles. The van der Waals surface area contributed by atoms with Gasteiger partial charge in [-0.3, -0.25) is 9.59 Å². The van der Waals surface area contributed by atoms with Crippen LogP contribution in [0.3, 0.4) is 0 Å². The zero-order valence-corrected chi connectivity index (χ0v) is 6.82. The Labute approximate surface area is 70.7 Å². The van der Waals surface area contributed by atoms with Gasteiger partial charge in [0.25, 0.3) is 0 Å². The van der Waals surface area contributed by atoms with Gasteiger partial charge in [-0.05, 0) is 6.42 Å². The van der Waals surface area contributed by atoms with E-state index in [0.29, 0.717) is 13.1 Å². The highest BCUT2D eigenvalue weighted by molar-refractivity contribution is 5.96. The van der Waals surface area contributed by atoms with Crippen LogP contribution in [0.4, 0.5) is 0 Å². The Morgan fingerprint density at radius 1 is 1.50 bits per heavy atom.